The van der Waals surface area contributed by atoms with Gasteiger partial charge in [0.1, 0.15) is 17.2 Å². The number of rotatable bonds is 6. The molecular weight excluding hydrogens is 362 g/mol. The predicted octanol–water partition coefficient (Wildman–Crippen LogP) is 5.12. The zero-order chi connectivity index (χ0) is 20.2. The van der Waals surface area contributed by atoms with Crippen LogP contribution < -0.4 is 5.32 Å². The van der Waals surface area contributed by atoms with E-state index in [9.17, 15) is 15.3 Å². The SMILES string of the molecule is Oc1ccc(CCCNc2cc(O)ccc2C2CCc3cc(O)ccc3C2)cc1. The molecule has 0 radical (unpaired) electrons. The van der Waals surface area contributed by atoms with Crippen LogP contribution in [-0.2, 0) is 19.3 Å². The van der Waals surface area contributed by atoms with Gasteiger partial charge in [-0.3, -0.25) is 0 Å². The molecule has 0 saturated heterocycles. The van der Waals surface area contributed by atoms with Gasteiger partial charge in [-0.05, 0) is 90.6 Å². The Bertz CT molecular complexity index is 982. The van der Waals surface area contributed by atoms with Crippen LogP contribution in [0.3, 0.4) is 0 Å². The van der Waals surface area contributed by atoms with Crippen molar-refractivity contribution in [3.8, 4) is 17.2 Å². The molecule has 29 heavy (non-hydrogen) atoms. The summed E-state index contributed by atoms with van der Waals surface area (Å²) in [5.74, 6) is 1.30. The lowest BCUT2D eigenvalue weighted by molar-refractivity contribution is 0.471. The number of hydrogen-bond donors (Lipinski definition) is 4. The quantitative estimate of drug-likeness (QED) is 0.442. The van der Waals surface area contributed by atoms with Gasteiger partial charge < -0.3 is 20.6 Å². The molecule has 0 saturated carbocycles. The topological polar surface area (TPSA) is 72.7 Å². The molecule has 0 fully saturated rings. The summed E-state index contributed by atoms with van der Waals surface area (Å²) in [4.78, 5) is 0. The van der Waals surface area contributed by atoms with Crippen LogP contribution in [0.4, 0.5) is 5.69 Å². The number of nitrogens with one attached hydrogen (secondary N) is 1. The fourth-order valence-electron chi connectivity index (χ4n) is 4.24. The Kier molecular flexibility index (Phi) is 5.61. The van der Waals surface area contributed by atoms with Crippen LogP contribution in [0.5, 0.6) is 17.2 Å². The Morgan fingerprint density at radius 3 is 2.34 bits per heavy atom. The molecule has 0 amide bonds. The van der Waals surface area contributed by atoms with E-state index < -0.39 is 0 Å². The van der Waals surface area contributed by atoms with Crippen molar-refractivity contribution in [2.24, 2.45) is 0 Å². The second-order valence-corrected chi connectivity index (χ2v) is 7.86. The van der Waals surface area contributed by atoms with Gasteiger partial charge in [-0.1, -0.05) is 24.3 Å². The Morgan fingerprint density at radius 2 is 1.52 bits per heavy atom. The Hall–Kier alpha value is -3.14. The molecule has 4 heteroatoms. The maximum atomic E-state index is 9.99. The molecular formula is C25H27NO3. The molecule has 4 nitrogen and oxygen atoms in total. The van der Waals surface area contributed by atoms with Crippen LogP contribution in [0.2, 0.25) is 0 Å². The monoisotopic (exact) mass is 389 g/mol. The minimum absolute atomic E-state index is 0.274. The van der Waals surface area contributed by atoms with Crippen molar-refractivity contribution in [2.75, 3.05) is 11.9 Å². The van der Waals surface area contributed by atoms with Crippen molar-refractivity contribution >= 4 is 5.69 Å². The van der Waals surface area contributed by atoms with Crippen LogP contribution in [0.25, 0.3) is 0 Å². The summed E-state index contributed by atoms with van der Waals surface area (Å²) in [5, 5.41) is 32.6. The molecule has 0 spiro atoms. The summed E-state index contributed by atoms with van der Waals surface area (Å²) in [7, 11) is 0. The average Bonchev–Trinajstić information content (AvgIpc) is 2.72. The summed E-state index contributed by atoms with van der Waals surface area (Å²) < 4.78 is 0. The molecule has 1 atom stereocenters. The van der Waals surface area contributed by atoms with E-state index in [0.29, 0.717) is 17.4 Å². The largest absolute Gasteiger partial charge is 0.508 e. The van der Waals surface area contributed by atoms with Gasteiger partial charge >= 0.3 is 0 Å². The summed E-state index contributed by atoms with van der Waals surface area (Å²) in [6.45, 7) is 0.814. The second kappa shape index (κ2) is 8.48. The molecule has 4 N–H and O–H groups in total. The van der Waals surface area contributed by atoms with Crippen molar-refractivity contribution < 1.29 is 15.3 Å². The van der Waals surface area contributed by atoms with Gasteiger partial charge in [-0.2, -0.15) is 0 Å². The summed E-state index contributed by atoms with van der Waals surface area (Å²) in [5.41, 5.74) is 5.98. The lowest BCUT2D eigenvalue weighted by Gasteiger charge is -2.27. The van der Waals surface area contributed by atoms with Crippen molar-refractivity contribution in [1.29, 1.82) is 0 Å². The van der Waals surface area contributed by atoms with Crippen molar-refractivity contribution in [3.63, 3.8) is 0 Å². The molecule has 150 valence electrons. The predicted molar refractivity (Wildman–Crippen MR) is 116 cm³/mol. The number of benzene rings is 3. The van der Waals surface area contributed by atoms with Crippen LogP contribution in [-0.4, -0.2) is 21.9 Å². The standard InChI is InChI=1S/C25H27NO3/c27-21-8-3-17(4-9-21)2-1-13-26-25-16-23(29)11-12-24(25)20-6-5-19-15-22(28)10-7-18(19)14-20/h3-4,7-12,15-16,20,26-29H,1-2,5-6,13-14H2. The van der Waals surface area contributed by atoms with Crippen molar-refractivity contribution in [2.45, 2.75) is 38.0 Å². The highest BCUT2D eigenvalue weighted by Crippen LogP contribution is 2.38. The zero-order valence-corrected chi connectivity index (χ0v) is 16.4. The number of phenols is 3. The molecule has 4 rings (SSSR count). The highest BCUT2D eigenvalue weighted by molar-refractivity contribution is 5.57. The fourth-order valence-corrected chi connectivity index (χ4v) is 4.24. The third-order valence-corrected chi connectivity index (χ3v) is 5.79. The lowest BCUT2D eigenvalue weighted by atomic mass is 9.79. The first-order valence-electron chi connectivity index (χ1n) is 10.2. The average molecular weight is 389 g/mol. The third kappa shape index (κ3) is 4.65. The molecule has 3 aromatic carbocycles. The first-order valence-corrected chi connectivity index (χ1v) is 10.2. The van der Waals surface area contributed by atoms with E-state index in [0.717, 1.165) is 44.3 Å². The number of aromatic hydroxyl groups is 3. The number of hydrogen-bond acceptors (Lipinski definition) is 4. The van der Waals surface area contributed by atoms with Crippen molar-refractivity contribution in [3.05, 3.63) is 82.9 Å². The van der Waals surface area contributed by atoms with Gasteiger partial charge in [-0.15, -0.1) is 0 Å². The summed E-state index contributed by atoms with van der Waals surface area (Å²) >= 11 is 0. The maximum Gasteiger partial charge on any atom is 0.117 e. The number of anilines is 1. The summed E-state index contributed by atoms with van der Waals surface area (Å²) in [6, 6.07) is 18.6. The summed E-state index contributed by atoms with van der Waals surface area (Å²) in [6.07, 6.45) is 4.83. The van der Waals surface area contributed by atoms with Crippen LogP contribution in [0, 0.1) is 0 Å². The van der Waals surface area contributed by atoms with E-state index in [1.807, 2.05) is 36.4 Å². The van der Waals surface area contributed by atoms with Gasteiger partial charge in [0.05, 0.1) is 0 Å². The molecule has 1 unspecified atom stereocenters. The Morgan fingerprint density at radius 1 is 0.793 bits per heavy atom. The van der Waals surface area contributed by atoms with Gasteiger partial charge in [0.15, 0.2) is 0 Å². The number of aryl methyl sites for hydroxylation is 2. The van der Waals surface area contributed by atoms with E-state index in [-0.39, 0.29) is 5.75 Å². The smallest absolute Gasteiger partial charge is 0.117 e. The lowest BCUT2D eigenvalue weighted by Crippen LogP contribution is -2.15. The molecule has 1 aliphatic rings. The van der Waals surface area contributed by atoms with Crippen LogP contribution >= 0.6 is 0 Å². The highest BCUT2D eigenvalue weighted by atomic mass is 16.3. The molecule has 1 aliphatic carbocycles. The molecule has 0 heterocycles. The second-order valence-electron chi connectivity index (χ2n) is 7.86. The minimum atomic E-state index is 0.274. The van der Waals surface area contributed by atoms with Gasteiger partial charge in [0.2, 0.25) is 0 Å². The first kappa shape index (κ1) is 19.2. The molecule has 0 aliphatic heterocycles. The van der Waals surface area contributed by atoms with E-state index >= 15 is 0 Å². The van der Waals surface area contributed by atoms with Gasteiger partial charge in [-0.25, -0.2) is 0 Å². The van der Waals surface area contributed by atoms with E-state index in [2.05, 4.69) is 5.32 Å². The molecule has 0 aromatic heterocycles. The first-order chi connectivity index (χ1) is 14.1. The van der Waals surface area contributed by atoms with E-state index in [1.165, 1.54) is 22.3 Å². The van der Waals surface area contributed by atoms with E-state index in [4.69, 9.17) is 0 Å². The Labute approximate surface area is 171 Å². The normalized spacial score (nSPS) is 15.7. The molecule has 0 bridgehead atoms. The van der Waals surface area contributed by atoms with Crippen LogP contribution in [0.1, 0.15) is 41.0 Å². The van der Waals surface area contributed by atoms with Crippen LogP contribution in [0.15, 0.2) is 60.7 Å². The zero-order valence-electron chi connectivity index (χ0n) is 16.4. The van der Waals surface area contributed by atoms with E-state index in [1.54, 1.807) is 24.3 Å². The van der Waals surface area contributed by atoms with Gasteiger partial charge in [0, 0.05) is 18.3 Å². The third-order valence-electron chi connectivity index (χ3n) is 5.79. The minimum Gasteiger partial charge on any atom is -0.508 e. The highest BCUT2D eigenvalue weighted by Gasteiger charge is 2.22. The van der Waals surface area contributed by atoms with Crippen molar-refractivity contribution in [1.82, 2.24) is 0 Å². The molecule has 3 aromatic rings. The number of phenolic OH excluding ortho intramolecular Hbond substituents is 3. The van der Waals surface area contributed by atoms with Gasteiger partial charge in [0.25, 0.3) is 0 Å². The fraction of sp³-hybridized carbons (Fsp3) is 0.280. The Balaban J connectivity index is 1.42. The maximum absolute atomic E-state index is 9.99. The number of fused-ring (bicyclic) bond motifs is 1.